The van der Waals surface area contributed by atoms with E-state index in [0.29, 0.717) is 17.8 Å². The number of aliphatic hydroxyl groups is 1. The molecule has 1 N–H and O–H groups in total. The average molecular weight is 246 g/mol. The highest BCUT2D eigenvalue weighted by molar-refractivity contribution is 6.12. The fourth-order valence-electron chi connectivity index (χ4n) is 2.33. The zero-order valence-electron chi connectivity index (χ0n) is 11.0. The zero-order valence-corrected chi connectivity index (χ0v) is 11.0. The van der Waals surface area contributed by atoms with Crippen LogP contribution in [-0.4, -0.2) is 10.9 Å². The third kappa shape index (κ3) is 1.75. The van der Waals surface area contributed by atoms with E-state index in [-0.39, 0.29) is 5.78 Å². The molecule has 0 aromatic carbocycles. The molecule has 1 aliphatic rings. The molecule has 96 valence electrons. The molecule has 0 saturated heterocycles. The van der Waals surface area contributed by atoms with Crippen LogP contribution in [0, 0.1) is 6.92 Å². The summed E-state index contributed by atoms with van der Waals surface area (Å²) in [7, 11) is 0. The number of hydrogen-bond donors (Lipinski definition) is 1. The number of carbonyl (C=O) groups is 1. The second-order valence-electron chi connectivity index (χ2n) is 4.74. The van der Waals surface area contributed by atoms with Crippen LogP contribution in [0.2, 0.25) is 0 Å². The van der Waals surface area contributed by atoms with Gasteiger partial charge in [0.25, 0.3) is 0 Å². The summed E-state index contributed by atoms with van der Waals surface area (Å²) in [6.45, 7) is 5.61. The molecule has 0 aliphatic heterocycles. The number of rotatable bonds is 4. The predicted molar refractivity (Wildman–Crippen MR) is 69.1 cm³/mol. The monoisotopic (exact) mass is 246 g/mol. The molecule has 0 spiro atoms. The van der Waals surface area contributed by atoms with E-state index >= 15 is 0 Å². The lowest BCUT2D eigenvalue weighted by atomic mass is 9.69. The van der Waals surface area contributed by atoms with Gasteiger partial charge < -0.3 is 9.52 Å². The van der Waals surface area contributed by atoms with E-state index < -0.39 is 5.60 Å². The Kier molecular flexibility index (Phi) is 3.26. The van der Waals surface area contributed by atoms with Gasteiger partial charge in [-0.15, -0.1) is 0 Å². The maximum atomic E-state index is 12.1. The summed E-state index contributed by atoms with van der Waals surface area (Å²) in [5.41, 5.74) is 0.817. The Morgan fingerprint density at radius 3 is 2.67 bits per heavy atom. The summed E-state index contributed by atoms with van der Waals surface area (Å²) in [5, 5.41) is 10.4. The highest BCUT2D eigenvalue weighted by Crippen LogP contribution is 2.45. The minimum absolute atomic E-state index is 0.223. The molecule has 0 radical (unpaired) electrons. The van der Waals surface area contributed by atoms with Gasteiger partial charge in [-0.3, -0.25) is 4.79 Å². The number of allylic oxidation sites excluding steroid dienone is 2. The van der Waals surface area contributed by atoms with Gasteiger partial charge in [0, 0.05) is 5.57 Å². The number of carbonyl (C=O) groups excluding carboxylic acids is 1. The Bertz CT molecular complexity index is 534. The van der Waals surface area contributed by atoms with E-state index in [9.17, 15) is 9.90 Å². The third-order valence-electron chi connectivity index (χ3n) is 3.48. The molecular formula is C15H18O3. The summed E-state index contributed by atoms with van der Waals surface area (Å²) in [6.07, 6.45) is 7.02. The second-order valence-corrected chi connectivity index (χ2v) is 4.74. The van der Waals surface area contributed by atoms with Gasteiger partial charge in [-0.25, -0.2) is 0 Å². The second kappa shape index (κ2) is 4.58. The molecule has 1 aromatic rings. The Morgan fingerprint density at radius 2 is 2.17 bits per heavy atom. The number of Topliss-reactive ketones (excluding diaryl/α,β-unsaturated/α-hetero) is 1. The molecule has 3 nitrogen and oxygen atoms in total. The quantitative estimate of drug-likeness (QED) is 0.831. The number of hydrogen-bond acceptors (Lipinski definition) is 3. The maximum absolute atomic E-state index is 12.1. The first-order valence-electron chi connectivity index (χ1n) is 6.16. The molecule has 1 unspecified atom stereocenters. The first-order valence-corrected chi connectivity index (χ1v) is 6.16. The lowest BCUT2D eigenvalue weighted by Gasteiger charge is -2.37. The fourth-order valence-corrected chi connectivity index (χ4v) is 2.33. The van der Waals surface area contributed by atoms with E-state index in [1.54, 1.807) is 19.3 Å². The van der Waals surface area contributed by atoms with E-state index in [2.05, 4.69) is 0 Å². The van der Waals surface area contributed by atoms with Gasteiger partial charge in [-0.1, -0.05) is 12.2 Å². The van der Waals surface area contributed by atoms with Gasteiger partial charge in [-0.05, 0) is 50.8 Å². The Labute approximate surface area is 107 Å². The molecule has 18 heavy (non-hydrogen) atoms. The Hall–Kier alpha value is -1.61. The normalized spacial score (nSPS) is 23.9. The first kappa shape index (κ1) is 12.8. The van der Waals surface area contributed by atoms with Crippen molar-refractivity contribution >= 4 is 5.78 Å². The molecule has 3 heteroatoms. The maximum Gasteiger partial charge on any atom is 0.207 e. The Balaban J connectivity index is 2.25. The van der Waals surface area contributed by atoms with Gasteiger partial charge in [0.05, 0.1) is 6.26 Å². The summed E-state index contributed by atoms with van der Waals surface area (Å²) in [5.74, 6) is 0.108. The summed E-state index contributed by atoms with van der Waals surface area (Å²) < 4.78 is 5.27. The number of furan rings is 1. The molecule has 1 heterocycles. The summed E-state index contributed by atoms with van der Waals surface area (Å²) >= 11 is 0. The van der Waals surface area contributed by atoms with Gasteiger partial charge in [0.2, 0.25) is 11.4 Å². The topological polar surface area (TPSA) is 50.4 Å². The van der Waals surface area contributed by atoms with Crippen LogP contribution >= 0.6 is 0 Å². The minimum Gasteiger partial charge on any atom is -0.465 e. The molecule has 1 aromatic heterocycles. The highest BCUT2D eigenvalue weighted by atomic mass is 16.4. The lowest BCUT2D eigenvalue weighted by molar-refractivity contribution is -0.136. The standard InChI is InChI=1S/C15H18O3/c1-4-5-6-7-12-11(3)15(17,14(12)16)13-8-10(2)9-18-13/h4-5,8-9,17H,6-7H2,1-3H3/b5-4-. The van der Waals surface area contributed by atoms with E-state index in [1.165, 1.54) is 0 Å². The molecule has 2 rings (SSSR count). The molecule has 0 saturated carbocycles. The number of ketones is 1. The van der Waals surface area contributed by atoms with Gasteiger partial charge in [-0.2, -0.15) is 0 Å². The minimum atomic E-state index is -1.53. The van der Waals surface area contributed by atoms with Crippen LogP contribution in [0.4, 0.5) is 0 Å². The van der Waals surface area contributed by atoms with Crippen LogP contribution in [-0.2, 0) is 10.4 Å². The SMILES string of the molecule is C/C=C\CCC1=C(C)C(O)(c2cc(C)co2)C1=O. The molecule has 0 amide bonds. The third-order valence-corrected chi connectivity index (χ3v) is 3.48. The average Bonchev–Trinajstić information content (AvgIpc) is 2.80. The van der Waals surface area contributed by atoms with Crippen LogP contribution in [0.5, 0.6) is 0 Å². The first-order chi connectivity index (χ1) is 8.51. The fraction of sp³-hybridized carbons (Fsp3) is 0.400. The van der Waals surface area contributed by atoms with Crippen molar-refractivity contribution in [1.29, 1.82) is 0 Å². The van der Waals surface area contributed by atoms with Crippen molar-refractivity contribution in [1.82, 2.24) is 0 Å². The highest BCUT2D eigenvalue weighted by Gasteiger charge is 2.53. The van der Waals surface area contributed by atoms with Crippen LogP contribution < -0.4 is 0 Å². The van der Waals surface area contributed by atoms with Crippen molar-refractivity contribution in [3.05, 3.63) is 47.0 Å². The van der Waals surface area contributed by atoms with Crippen LogP contribution in [0.25, 0.3) is 0 Å². The van der Waals surface area contributed by atoms with Gasteiger partial charge in [0.1, 0.15) is 5.76 Å². The van der Waals surface area contributed by atoms with Crippen molar-refractivity contribution in [3.8, 4) is 0 Å². The summed E-state index contributed by atoms with van der Waals surface area (Å²) in [6, 6.07) is 1.71. The van der Waals surface area contributed by atoms with Crippen LogP contribution in [0.1, 0.15) is 38.0 Å². The van der Waals surface area contributed by atoms with Gasteiger partial charge in [0.15, 0.2) is 0 Å². The van der Waals surface area contributed by atoms with Crippen molar-refractivity contribution in [2.24, 2.45) is 0 Å². The van der Waals surface area contributed by atoms with Crippen LogP contribution in [0.3, 0.4) is 0 Å². The predicted octanol–water partition coefficient (Wildman–Crippen LogP) is 3.03. The largest absolute Gasteiger partial charge is 0.465 e. The van der Waals surface area contributed by atoms with Crippen LogP contribution in [0.15, 0.2) is 40.0 Å². The van der Waals surface area contributed by atoms with Gasteiger partial charge >= 0.3 is 0 Å². The Morgan fingerprint density at radius 1 is 1.44 bits per heavy atom. The smallest absolute Gasteiger partial charge is 0.207 e. The number of aryl methyl sites for hydroxylation is 1. The molecule has 0 fully saturated rings. The van der Waals surface area contributed by atoms with E-state index in [1.807, 2.05) is 26.0 Å². The van der Waals surface area contributed by atoms with Crippen molar-refractivity contribution in [2.75, 3.05) is 0 Å². The molecule has 0 bridgehead atoms. The molecule has 1 atom stereocenters. The van der Waals surface area contributed by atoms with E-state index in [0.717, 1.165) is 17.6 Å². The summed E-state index contributed by atoms with van der Waals surface area (Å²) in [4.78, 5) is 12.1. The lowest BCUT2D eigenvalue weighted by Crippen LogP contribution is -2.47. The van der Waals surface area contributed by atoms with Crippen molar-refractivity contribution in [3.63, 3.8) is 0 Å². The van der Waals surface area contributed by atoms with Crippen molar-refractivity contribution < 1.29 is 14.3 Å². The van der Waals surface area contributed by atoms with E-state index in [4.69, 9.17) is 4.42 Å². The van der Waals surface area contributed by atoms with Crippen molar-refractivity contribution in [2.45, 2.75) is 39.2 Å². The molecular weight excluding hydrogens is 228 g/mol. The molecule has 1 aliphatic carbocycles. The zero-order chi connectivity index (χ0) is 13.3.